The van der Waals surface area contributed by atoms with Crippen LogP contribution < -0.4 is 0 Å². The molecule has 0 atom stereocenters. The van der Waals surface area contributed by atoms with E-state index in [0.29, 0.717) is 16.9 Å². The molecule has 0 spiro atoms. The predicted octanol–water partition coefficient (Wildman–Crippen LogP) is 2.86. The van der Waals surface area contributed by atoms with Crippen LogP contribution in [0.2, 0.25) is 0 Å². The number of hydrogen-bond acceptors (Lipinski definition) is 4. The number of aromatic nitrogens is 3. The van der Waals surface area contributed by atoms with Crippen molar-refractivity contribution in [3.8, 4) is 16.9 Å². The molecule has 0 aliphatic rings. The Morgan fingerprint density at radius 3 is 2.45 bits per heavy atom. The summed E-state index contributed by atoms with van der Waals surface area (Å²) in [5, 5.41) is 4.23. The Hall–Kier alpha value is -3.02. The van der Waals surface area contributed by atoms with E-state index in [0.717, 1.165) is 5.56 Å². The summed E-state index contributed by atoms with van der Waals surface area (Å²) in [6.45, 7) is 0. The first-order valence-electron chi connectivity index (χ1n) is 6.53. The number of benzene rings is 1. The summed E-state index contributed by atoms with van der Waals surface area (Å²) in [6, 6.07) is 9.39. The van der Waals surface area contributed by atoms with Crippen LogP contribution in [0.4, 0.5) is 4.39 Å². The summed E-state index contributed by atoms with van der Waals surface area (Å²) in [7, 11) is 1.31. The van der Waals surface area contributed by atoms with Crippen molar-refractivity contribution < 1.29 is 13.9 Å². The zero-order valence-electron chi connectivity index (χ0n) is 11.7. The Bertz CT molecular complexity index is 798. The fourth-order valence-corrected chi connectivity index (χ4v) is 2.17. The van der Waals surface area contributed by atoms with Crippen molar-refractivity contribution in [2.75, 3.05) is 7.11 Å². The maximum absolute atomic E-state index is 13.1. The number of ether oxygens (including phenoxy) is 1. The molecule has 0 amide bonds. The Morgan fingerprint density at radius 2 is 1.82 bits per heavy atom. The number of hydrogen-bond donors (Lipinski definition) is 0. The van der Waals surface area contributed by atoms with Crippen LogP contribution in [-0.2, 0) is 4.74 Å². The summed E-state index contributed by atoms with van der Waals surface area (Å²) < 4.78 is 19.5. The summed E-state index contributed by atoms with van der Waals surface area (Å²) >= 11 is 0. The Labute approximate surface area is 126 Å². The van der Waals surface area contributed by atoms with E-state index in [1.54, 1.807) is 41.3 Å². The molecular formula is C16H12FN3O2. The lowest BCUT2D eigenvalue weighted by Crippen LogP contribution is -2.05. The highest BCUT2D eigenvalue weighted by atomic mass is 19.1. The van der Waals surface area contributed by atoms with E-state index in [4.69, 9.17) is 4.74 Å². The number of carbonyl (C=O) groups is 1. The molecule has 0 N–H and O–H groups in total. The fraction of sp³-hybridized carbons (Fsp3) is 0.0625. The molecular weight excluding hydrogens is 285 g/mol. The third-order valence-electron chi connectivity index (χ3n) is 3.20. The van der Waals surface area contributed by atoms with Crippen LogP contribution in [0.3, 0.4) is 0 Å². The van der Waals surface area contributed by atoms with Gasteiger partial charge >= 0.3 is 5.97 Å². The first kappa shape index (κ1) is 13.9. The van der Waals surface area contributed by atoms with Gasteiger partial charge in [-0.1, -0.05) is 0 Å². The molecule has 0 aliphatic carbocycles. The van der Waals surface area contributed by atoms with Gasteiger partial charge < -0.3 is 4.74 Å². The van der Waals surface area contributed by atoms with Crippen LogP contribution in [0, 0.1) is 5.82 Å². The summed E-state index contributed by atoms with van der Waals surface area (Å²) in [6.07, 6.45) is 4.68. The SMILES string of the molecule is COC(=O)c1cnn(-c2ccc(F)cc2)c1-c1ccncc1. The van der Waals surface area contributed by atoms with Crippen LogP contribution in [0.15, 0.2) is 55.0 Å². The molecule has 2 aromatic heterocycles. The average molecular weight is 297 g/mol. The Morgan fingerprint density at radius 1 is 1.14 bits per heavy atom. The molecule has 3 aromatic rings. The number of halogens is 1. The van der Waals surface area contributed by atoms with Crippen LogP contribution >= 0.6 is 0 Å². The molecule has 3 rings (SSSR count). The van der Waals surface area contributed by atoms with Gasteiger partial charge in [0, 0.05) is 18.0 Å². The van der Waals surface area contributed by atoms with Gasteiger partial charge in [0.15, 0.2) is 0 Å². The van der Waals surface area contributed by atoms with Gasteiger partial charge in [-0.2, -0.15) is 5.10 Å². The number of methoxy groups -OCH3 is 1. The second-order valence-electron chi connectivity index (χ2n) is 4.52. The quantitative estimate of drug-likeness (QED) is 0.698. The maximum atomic E-state index is 13.1. The van der Waals surface area contributed by atoms with E-state index in [2.05, 4.69) is 10.1 Å². The van der Waals surface area contributed by atoms with E-state index in [1.165, 1.54) is 25.4 Å². The van der Waals surface area contributed by atoms with Crippen LogP contribution in [0.25, 0.3) is 16.9 Å². The van der Waals surface area contributed by atoms with Gasteiger partial charge in [0.1, 0.15) is 11.4 Å². The molecule has 0 bridgehead atoms. The molecule has 1 aromatic carbocycles. The van der Waals surface area contributed by atoms with Gasteiger partial charge in [-0.25, -0.2) is 13.9 Å². The molecule has 0 saturated carbocycles. The largest absolute Gasteiger partial charge is 0.465 e. The highest BCUT2D eigenvalue weighted by Gasteiger charge is 2.20. The third kappa shape index (κ3) is 2.46. The molecule has 0 saturated heterocycles. The molecule has 110 valence electrons. The van der Waals surface area contributed by atoms with E-state index in [-0.39, 0.29) is 5.82 Å². The lowest BCUT2D eigenvalue weighted by molar-refractivity contribution is 0.0601. The minimum atomic E-state index is -0.486. The molecule has 5 nitrogen and oxygen atoms in total. The van der Waals surface area contributed by atoms with Crippen molar-refractivity contribution >= 4 is 5.97 Å². The molecule has 0 unspecified atom stereocenters. The number of pyridine rings is 1. The van der Waals surface area contributed by atoms with Crippen molar-refractivity contribution in [1.29, 1.82) is 0 Å². The number of carbonyl (C=O) groups excluding carboxylic acids is 1. The zero-order valence-corrected chi connectivity index (χ0v) is 11.7. The Kier molecular flexibility index (Phi) is 3.65. The topological polar surface area (TPSA) is 57.0 Å². The van der Waals surface area contributed by atoms with Gasteiger partial charge in [0.05, 0.1) is 24.7 Å². The van der Waals surface area contributed by atoms with E-state index < -0.39 is 5.97 Å². The molecule has 0 radical (unpaired) electrons. The van der Waals surface area contributed by atoms with Gasteiger partial charge in [0.25, 0.3) is 0 Å². The number of rotatable bonds is 3. The lowest BCUT2D eigenvalue weighted by atomic mass is 10.1. The number of nitrogens with zero attached hydrogens (tertiary/aromatic N) is 3. The van der Waals surface area contributed by atoms with E-state index in [1.807, 2.05) is 0 Å². The lowest BCUT2D eigenvalue weighted by Gasteiger charge is -2.09. The smallest absolute Gasteiger partial charge is 0.341 e. The van der Waals surface area contributed by atoms with Gasteiger partial charge in [-0.15, -0.1) is 0 Å². The van der Waals surface area contributed by atoms with Crippen molar-refractivity contribution in [3.63, 3.8) is 0 Å². The molecule has 6 heteroatoms. The fourth-order valence-electron chi connectivity index (χ4n) is 2.17. The van der Waals surface area contributed by atoms with Gasteiger partial charge in [-0.3, -0.25) is 4.98 Å². The minimum Gasteiger partial charge on any atom is -0.465 e. The first-order chi connectivity index (χ1) is 10.7. The van der Waals surface area contributed by atoms with Crippen molar-refractivity contribution in [3.05, 3.63) is 66.4 Å². The maximum Gasteiger partial charge on any atom is 0.341 e. The van der Waals surface area contributed by atoms with Crippen LogP contribution in [0.1, 0.15) is 10.4 Å². The van der Waals surface area contributed by atoms with Crippen LogP contribution in [0.5, 0.6) is 0 Å². The zero-order chi connectivity index (χ0) is 15.5. The van der Waals surface area contributed by atoms with Gasteiger partial charge in [-0.05, 0) is 36.4 Å². The standard InChI is InChI=1S/C16H12FN3O2/c1-22-16(21)14-10-19-20(13-4-2-12(17)3-5-13)15(14)11-6-8-18-9-7-11/h2-10H,1H3. The van der Waals surface area contributed by atoms with E-state index >= 15 is 0 Å². The average Bonchev–Trinajstić information content (AvgIpc) is 3.00. The minimum absolute atomic E-state index is 0.332. The second-order valence-corrected chi connectivity index (χ2v) is 4.52. The predicted molar refractivity (Wildman–Crippen MR) is 78.1 cm³/mol. The molecule has 22 heavy (non-hydrogen) atoms. The van der Waals surface area contributed by atoms with Crippen molar-refractivity contribution in [1.82, 2.24) is 14.8 Å². The number of esters is 1. The highest BCUT2D eigenvalue weighted by molar-refractivity contribution is 5.96. The Balaban J connectivity index is 2.21. The molecule has 2 heterocycles. The molecule has 0 fully saturated rings. The molecule has 0 aliphatic heterocycles. The second kappa shape index (κ2) is 5.77. The highest BCUT2D eigenvalue weighted by Crippen LogP contribution is 2.26. The monoisotopic (exact) mass is 297 g/mol. The van der Waals surface area contributed by atoms with Crippen LogP contribution in [-0.4, -0.2) is 27.8 Å². The summed E-state index contributed by atoms with van der Waals surface area (Å²) in [5.74, 6) is -0.824. The third-order valence-corrected chi connectivity index (χ3v) is 3.20. The van der Waals surface area contributed by atoms with Crippen molar-refractivity contribution in [2.24, 2.45) is 0 Å². The van der Waals surface area contributed by atoms with Gasteiger partial charge in [0.2, 0.25) is 0 Å². The first-order valence-corrected chi connectivity index (χ1v) is 6.53. The van der Waals surface area contributed by atoms with Crippen molar-refractivity contribution in [2.45, 2.75) is 0 Å². The summed E-state index contributed by atoms with van der Waals surface area (Å²) in [4.78, 5) is 15.9. The normalized spacial score (nSPS) is 10.5. The van der Waals surface area contributed by atoms with E-state index in [9.17, 15) is 9.18 Å². The summed E-state index contributed by atoms with van der Waals surface area (Å²) in [5.41, 5.74) is 2.31.